The molecule has 7 heteroatoms. The first-order valence-corrected chi connectivity index (χ1v) is 6.56. The molecule has 1 heterocycles. The summed E-state index contributed by atoms with van der Waals surface area (Å²) in [6, 6.07) is 1.83. The Bertz CT molecular complexity index is 582. The Morgan fingerprint density at radius 1 is 1.43 bits per heavy atom. The molecule has 1 aromatic carbocycles. The summed E-state index contributed by atoms with van der Waals surface area (Å²) in [7, 11) is 0. The van der Waals surface area contributed by atoms with Gasteiger partial charge in [0.25, 0.3) is 5.91 Å². The number of benzene rings is 1. The number of urea groups is 1. The summed E-state index contributed by atoms with van der Waals surface area (Å²) in [6.07, 6.45) is 0. The van der Waals surface area contributed by atoms with Crippen molar-refractivity contribution in [1.29, 1.82) is 0 Å². The first-order valence-electron chi connectivity index (χ1n) is 6.56. The van der Waals surface area contributed by atoms with Gasteiger partial charge in [-0.1, -0.05) is 20.8 Å². The second-order valence-electron chi connectivity index (χ2n) is 6.04. The van der Waals surface area contributed by atoms with Crippen LogP contribution >= 0.6 is 0 Å². The van der Waals surface area contributed by atoms with E-state index >= 15 is 0 Å². The van der Waals surface area contributed by atoms with Gasteiger partial charge < -0.3 is 20.7 Å². The summed E-state index contributed by atoms with van der Waals surface area (Å²) in [5, 5.41) is 7.72. The number of hydrogen-bond donors (Lipinski definition) is 3. The Labute approximate surface area is 122 Å². The van der Waals surface area contributed by atoms with Crippen molar-refractivity contribution < 1.29 is 18.7 Å². The molecule has 0 unspecified atom stereocenters. The van der Waals surface area contributed by atoms with Gasteiger partial charge in [0.2, 0.25) is 0 Å². The summed E-state index contributed by atoms with van der Waals surface area (Å²) in [5.74, 6) is -0.691. The van der Waals surface area contributed by atoms with E-state index in [2.05, 4.69) is 16.0 Å². The molecule has 0 aliphatic carbocycles. The fraction of sp³-hybridized carbons (Fsp3) is 0.429. The number of anilines is 2. The van der Waals surface area contributed by atoms with Crippen LogP contribution in [0.1, 0.15) is 20.8 Å². The van der Waals surface area contributed by atoms with E-state index in [-0.39, 0.29) is 35.1 Å². The number of ether oxygens (including phenoxy) is 1. The van der Waals surface area contributed by atoms with E-state index in [0.717, 1.165) is 12.1 Å². The SMILES string of the molecule is CC(C)(C)CNC(=O)Nc1cc(F)cc2c1OCC(=O)N2. The number of carbonyl (C=O) groups is 2. The van der Waals surface area contributed by atoms with Gasteiger partial charge in [0, 0.05) is 18.7 Å². The molecule has 0 saturated carbocycles. The Hall–Kier alpha value is -2.31. The predicted octanol–water partition coefficient (Wildman–Crippen LogP) is 2.32. The Morgan fingerprint density at radius 2 is 2.14 bits per heavy atom. The van der Waals surface area contributed by atoms with Crippen LogP contribution in [0.2, 0.25) is 0 Å². The molecule has 114 valence electrons. The molecule has 0 spiro atoms. The van der Waals surface area contributed by atoms with Crippen molar-refractivity contribution in [2.45, 2.75) is 20.8 Å². The summed E-state index contributed by atoms with van der Waals surface area (Å²) >= 11 is 0. The second-order valence-corrected chi connectivity index (χ2v) is 6.04. The molecule has 0 radical (unpaired) electrons. The first kappa shape index (κ1) is 15.1. The molecule has 0 aromatic heterocycles. The van der Waals surface area contributed by atoms with E-state index in [1.54, 1.807) is 0 Å². The number of fused-ring (bicyclic) bond motifs is 1. The van der Waals surface area contributed by atoms with Gasteiger partial charge in [0.05, 0.1) is 11.4 Å². The number of rotatable bonds is 2. The zero-order valence-corrected chi connectivity index (χ0v) is 12.2. The molecule has 0 bridgehead atoms. The van der Waals surface area contributed by atoms with Crippen LogP contribution in [0.4, 0.5) is 20.6 Å². The Kier molecular flexibility index (Phi) is 4.02. The number of amides is 3. The molecular formula is C14H18FN3O3. The van der Waals surface area contributed by atoms with E-state index in [0.29, 0.717) is 6.54 Å². The third-order valence-corrected chi connectivity index (χ3v) is 2.70. The van der Waals surface area contributed by atoms with Gasteiger partial charge in [0.15, 0.2) is 12.4 Å². The number of hydrogen-bond acceptors (Lipinski definition) is 3. The molecule has 3 amide bonds. The summed E-state index contributed by atoms with van der Waals surface area (Å²) in [4.78, 5) is 23.1. The minimum Gasteiger partial charge on any atom is -0.479 e. The van der Waals surface area contributed by atoms with Crippen molar-refractivity contribution >= 4 is 23.3 Å². The lowest BCUT2D eigenvalue weighted by atomic mass is 9.97. The van der Waals surface area contributed by atoms with Crippen molar-refractivity contribution in [3.63, 3.8) is 0 Å². The average Bonchev–Trinajstić information content (AvgIpc) is 2.34. The lowest BCUT2D eigenvalue weighted by Crippen LogP contribution is -2.36. The quantitative estimate of drug-likeness (QED) is 0.783. The van der Waals surface area contributed by atoms with Crippen LogP contribution in [0.15, 0.2) is 12.1 Å². The second kappa shape index (κ2) is 5.59. The Morgan fingerprint density at radius 3 is 2.81 bits per heavy atom. The molecule has 6 nitrogen and oxygen atoms in total. The van der Waals surface area contributed by atoms with Crippen molar-refractivity contribution in [2.24, 2.45) is 5.41 Å². The molecule has 1 aromatic rings. The van der Waals surface area contributed by atoms with Gasteiger partial charge in [-0.05, 0) is 5.41 Å². The van der Waals surface area contributed by atoms with Gasteiger partial charge >= 0.3 is 6.03 Å². The van der Waals surface area contributed by atoms with Gasteiger partial charge in [-0.15, -0.1) is 0 Å². The maximum absolute atomic E-state index is 13.5. The minimum atomic E-state index is -0.578. The molecule has 0 atom stereocenters. The fourth-order valence-electron chi connectivity index (χ4n) is 1.77. The van der Waals surface area contributed by atoms with Crippen LogP contribution in [-0.4, -0.2) is 25.1 Å². The summed E-state index contributed by atoms with van der Waals surface area (Å²) in [5.41, 5.74) is 0.317. The van der Waals surface area contributed by atoms with Crippen LogP contribution in [0.5, 0.6) is 5.75 Å². The van der Waals surface area contributed by atoms with Crippen LogP contribution < -0.4 is 20.7 Å². The first-order chi connectivity index (χ1) is 9.74. The smallest absolute Gasteiger partial charge is 0.319 e. The lowest BCUT2D eigenvalue weighted by Gasteiger charge is -2.22. The third kappa shape index (κ3) is 4.08. The standard InChI is InChI=1S/C14H18FN3O3/c1-14(2,3)7-16-13(20)18-10-5-8(15)4-9-12(10)21-6-11(19)17-9/h4-5H,6-7H2,1-3H3,(H,17,19)(H2,16,18,20). The molecule has 0 saturated heterocycles. The van der Waals surface area contributed by atoms with E-state index in [1.165, 1.54) is 0 Å². The van der Waals surface area contributed by atoms with Crippen molar-refractivity contribution in [3.8, 4) is 5.75 Å². The van der Waals surface area contributed by atoms with Crippen LogP contribution in [0, 0.1) is 11.2 Å². The van der Waals surface area contributed by atoms with E-state index in [1.807, 2.05) is 20.8 Å². The highest BCUT2D eigenvalue weighted by molar-refractivity contribution is 5.99. The molecular weight excluding hydrogens is 277 g/mol. The summed E-state index contributed by atoms with van der Waals surface area (Å²) < 4.78 is 18.8. The topological polar surface area (TPSA) is 79.5 Å². The van der Waals surface area contributed by atoms with Crippen molar-refractivity contribution in [2.75, 3.05) is 23.8 Å². The summed E-state index contributed by atoms with van der Waals surface area (Å²) in [6.45, 7) is 6.24. The highest BCUT2D eigenvalue weighted by Crippen LogP contribution is 2.36. The van der Waals surface area contributed by atoms with Crippen LogP contribution in [-0.2, 0) is 4.79 Å². The zero-order valence-electron chi connectivity index (χ0n) is 12.2. The van der Waals surface area contributed by atoms with Crippen LogP contribution in [0.3, 0.4) is 0 Å². The van der Waals surface area contributed by atoms with E-state index in [4.69, 9.17) is 4.74 Å². The molecule has 1 aliphatic heterocycles. The van der Waals surface area contributed by atoms with Gasteiger partial charge in [-0.3, -0.25) is 4.79 Å². The minimum absolute atomic E-state index is 0.0663. The molecule has 2 rings (SSSR count). The van der Waals surface area contributed by atoms with Gasteiger partial charge in [-0.2, -0.15) is 0 Å². The predicted molar refractivity (Wildman–Crippen MR) is 77.0 cm³/mol. The normalized spacial score (nSPS) is 13.8. The molecule has 3 N–H and O–H groups in total. The highest BCUT2D eigenvalue weighted by atomic mass is 19.1. The maximum Gasteiger partial charge on any atom is 0.319 e. The lowest BCUT2D eigenvalue weighted by molar-refractivity contribution is -0.118. The fourth-order valence-corrected chi connectivity index (χ4v) is 1.77. The number of nitrogens with one attached hydrogen (secondary N) is 3. The van der Waals surface area contributed by atoms with Crippen molar-refractivity contribution in [1.82, 2.24) is 5.32 Å². The monoisotopic (exact) mass is 295 g/mol. The molecule has 21 heavy (non-hydrogen) atoms. The highest BCUT2D eigenvalue weighted by Gasteiger charge is 2.22. The third-order valence-electron chi connectivity index (χ3n) is 2.70. The average molecular weight is 295 g/mol. The molecule has 1 aliphatic rings. The van der Waals surface area contributed by atoms with Gasteiger partial charge in [-0.25, -0.2) is 9.18 Å². The largest absolute Gasteiger partial charge is 0.479 e. The van der Waals surface area contributed by atoms with Gasteiger partial charge in [0.1, 0.15) is 5.82 Å². The Balaban J connectivity index is 2.13. The van der Waals surface area contributed by atoms with E-state index < -0.39 is 11.8 Å². The van der Waals surface area contributed by atoms with Crippen molar-refractivity contribution in [3.05, 3.63) is 17.9 Å². The molecule has 0 fully saturated rings. The van der Waals surface area contributed by atoms with Crippen LogP contribution in [0.25, 0.3) is 0 Å². The zero-order chi connectivity index (χ0) is 15.6. The van der Waals surface area contributed by atoms with E-state index in [9.17, 15) is 14.0 Å². The number of carbonyl (C=O) groups excluding carboxylic acids is 2. The number of halogens is 1. The maximum atomic E-state index is 13.5.